The summed E-state index contributed by atoms with van der Waals surface area (Å²) in [5, 5.41) is 0. The van der Waals surface area contributed by atoms with Gasteiger partial charge in [-0.25, -0.2) is 0 Å². The SMILES string of the molecule is CCC(CCCCCCl)C[Si](Cl)(Cl)Cl. The first kappa shape index (κ1) is 15.4. The third kappa shape index (κ3) is 9.91. The smallest absolute Gasteiger partial charge is 0.127 e. The number of hydrogen-bond acceptors (Lipinski definition) is 0. The molecule has 0 aromatic carbocycles. The number of unbranched alkanes of at least 4 members (excludes halogenated alkanes) is 2. The molecule has 0 aliphatic heterocycles. The fraction of sp³-hybridized carbons (Fsp3) is 1.00. The van der Waals surface area contributed by atoms with Crippen molar-refractivity contribution >= 4 is 50.8 Å². The molecule has 0 spiro atoms. The topological polar surface area (TPSA) is 0 Å². The minimum Gasteiger partial charge on any atom is -0.127 e. The molecule has 0 nitrogen and oxygen atoms in total. The van der Waals surface area contributed by atoms with E-state index in [4.69, 9.17) is 44.8 Å². The largest absolute Gasteiger partial charge is 0.341 e. The van der Waals surface area contributed by atoms with Crippen LogP contribution in [0.5, 0.6) is 0 Å². The molecule has 1 unspecified atom stereocenters. The molecule has 0 N–H and O–H groups in total. The molecule has 0 amide bonds. The molecule has 0 aliphatic carbocycles. The van der Waals surface area contributed by atoms with Crippen molar-refractivity contribution in [2.75, 3.05) is 5.88 Å². The Kier molecular flexibility index (Phi) is 9.36. The maximum atomic E-state index is 5.90. The Labute approximate surface area is 107 Å². The summed E-state index contributed by atoms with van der Waals surface area (Å²) in [5.74, 6) is 1.35. The van der Waals surface area contributed by atoms with Crippen molar-refractivity contribution < 1.29 is 0 Å². The summed E-state index contributed by atoms with van der Waals surface area (Å²) in [6.07, 6.45) is 5.79. The van der Waals surface area contributed by atoms with Crippen molar-refractivity contribution in [2.45, 2.75) is 45.1 Å². The van der Waals surface area contributed by atoms with Crippen LogP contribution in [0.4, 0.5) is 0 Å². The van der Waals surface area contributed by atoms with Crippen LogP contribution in [0.1, 0.15) is 39.0 Å². The van der Waals surface area contributed by atoms with Crippen LogP contribution >= 0.6 is 44.8 Å². The maximum Gasteiger partial charge on any atom is 0.341 e. The van der Waals surface area contributed by atoms with Gasteiger partial charge in [0.15, 0.2) is 0 Å². The molecule has 5 heteroatoms. The number of rotatable bonds is 8. The van der Waals surface area contributed by atoms with E-state index in [1.54, 1.807) is 0 Å². The summed E-state index contributed by atoms with van der Waals surface area (Å²) in [6, 6.07) is -1.62. The second-order valence-electron chi connectivity index (χ2n) is 3.63. The Morgan fingerprint density at radius 2 is 1.71 bits per heavy atom. The zero-order chi connectivity index (χ0) is 11.0. The molecule has 0 heterocycles. The highest BCUT2D eigenvalue weighted by atomic mass is 35.8. The molecule has 0 bridgehead atoms. The van der Waals surface area contributed by atoms with Gasteiger partial charge in [-0.3, -0.25) is 0 Å². The predicted molar refractivity (Wildman–Crippen MR) is 71.1 cm³/mol. The van der Waals surface area contributed by atoms with E-state index in [0.717, 1.165) is 24.8 Å². The summed E-state index contributed by atoms with van der Waals surface area (Å²) in [6.45, 7) is 2.16. The summed E-state index contributed by atoms with van der Waals surface area (Å²) >= 11 is 23.3. The van der Waals surface area contributed by atoms with Crippen LogP contribution in [0.15, 0.2) is 0 Å². The Morgan fingerprint density at radius 1 is 1.07 bits per heavy atom. The molecule has 86 valence electrons. The van der Waals surface area contributed by atoms with E-state index in [-0.39, 0.29) is 0 Å². The van der Waals surface area contributed by atoms with Gasteiger partial charge in [-0.2, -0.15) is 0 Å². The summed E-state index contributed by atoms with van der Waals surface area (Å²) in [4.78, 5) is 0. The molecule has 14 heavy (non-hydrogen) atoms. The first-order valence-electron chi connectivity index (χ1n) is 5.12. The van der Waals surface area contributed by atoms with Gasteiger partial charge in [0, 0.05) is 5.88 Å². The maximum absolute atomic E-state index is 5.90. The van der Waals surface area contributed by atoms with Crippen LogP contribution in [-0.4, -0.2) is 11.9 Å². The standard InChI is InChI=1S/C9H18Cl4Si/c1-2-9(8-14(11,12)13)6-4-3-5-7-10/h9H,2-8H2,1H3. The molecule has 0 saturated heterocycles. The molecular formula is C9H18Cl4Si. The van der Waals surface area contributed by atoms with E-state index in [9.17, 15) is 0 Å². The van der Waals surface area contributed by atoms with Gasteiger partial charge in [0.25, 0.3) is 0 Å². The Balaban J connectivity index is 3.58. The van der Waals surface area contributed by atoms with Crippen molar-refractivity contribution in [1.82, 2.24) is 0 Å². The highest BCUT2D eigenvalue weighted by Gasteiger charge is 2.28. The van der Waals surface area contributed by atoms with Crippen molar-refractivity contribution in [1.29, 1.82) is 0 Å². The fourth-order valence-corrected chi connectivity index (χ4v) is 4.78. The molecule has 0 rings (SSSR count). The Morgan fingerprint density at radius 3 is 2.14 bits per heavy atom. The minimum absolute atomic E-state index is 0.587. The third-order valence-electron chi connectivity index (χ3n) is 2.34. The highest BCUT2D eigenvalue weighted by Crippen LogP contribution is 2.32. The summed E-state index contributed by atoms with van der Waals surface area (Å²) in [7, 11) is 0. The zero-order valence-corrected chi connectivity index (χ0v) is 12.6. The molecule has 0 saturated carbocycles. The summed E-state index contributed by atoms with van der Waals surface area (Å²) in [5.41, 5.74) is 0. The second-order valence-corrected chi connectivity index (χ2v) is 13.2. The normalized spacial score (nSPS) is 14.4. The van der Waals surface area contributed by atoms with Gasteiger partial charge in [0.1, 0.15) is 0 Å². The molecule has 0 aromatic heterocycles. The van der Waals surface area contributed by atoms with E-state index in [1.165, 1.54) is 19.3 Å². The van der Waals surface area contributed by atoms with Gasteiger partial charge in [-0.05, 0) is 18.4 Å². The van der Waals surface area contributed by atoms with Crippen LogP contribution < -0.4 is 0 Å². The van der Waals surface area contributed by atoms with Gasteiger partial charge in [0.2, 0.25) is 0 Å². The molecule has 1 atom stereocenters. The average Bonchev–Trinajstić information content (AvgIpc) is 2.08. The third-order valence-corrected chi connectivity index (χ3v) is 5.04. The van der Waals surface area contributed by atoms with E-state index >= 15 is 0 Å². The number of halogens is 4. The molecule has 0 fully saturated rings. The predicted octanol–water partition coefficient (Wildman–Crippen LogP) is 5.47. The number of hydrogen-bond donors (Lipinski definition) is 0. The summed E-state index contributed by atoms with van der Waals surface area (Å²) < 4.78 is 0. The second kappa shape index (κ2) is 8.52. The molecule has 0 aliphatic rings. The van der Waals surface area contributed by atoms with Crippen LogP contribution in [0.3, 0.4) is 0 Å². The minimum atomic E-state index is -2.42. The van der Waals surface area contributed by atoms with Gasteiger partial charge >= 0.3 is 6.00 Å². The Hall–Kier alpha value is 1.38. The quantitative estimate of drug-likeness (QED) is 0.241. The number of alkyl halides is 1. The van der Waals surface area contributed by atoms with E-state index in [0.29, 0.717) is 5.92 Å². The van der Waals surface area contributed by atoms with Crippen molar-refractivity contribution in [3.63, 3.8) is 0 Å². The zero-order valence-electron chi connectivity index (χ0n) is 8.54. The van der Waals surface area contributed by atoms with Crippen molar-refractivity contribution in [2.24, 2.45) is 5.92 Å². The van der Waals surface area contributed by atoms with E-state index < -0.39 is 6.00 Å². The van der Waals surface area contributed by atoms with Crippen molar-refractivity contribution in [3.8, 4) is 0 Å². The van der Waals surface area contributed by atoms with Crippen molar-refractivity contribution in [3.05, 3.63) is 0 Å². The first-order chi connectivity index (χ1) is 6.49. The van der Waals surface area contributed by atoms with Crippen LogP contribution in [0.25, 0.3) is 0 Å². The molecule has 0 aromatic rings. The Bertz CT molecular complexity index is 135. The van der Waals surface area contributed by atoms with E-state index in [2.05, 4.69) is 6.92 Å². The average molecular weight is 296 g/mol. The lowest BCUT2D eigenvalue weighted by atomic mass is 10.0. The lowest BCUT2D eigenvalue weighted by Crippen LogP contribution is -2.15. The van der Waals surface area contributed by atoms with Crippen LogP contribution in [-0.2, 0) is 0 Å². The highest BCUT2D eigenvalue weighted by molar-refractivity contribution is 7.64. The lowest BCUT2D eigenvalue weighted by Gasteiger charge is -2.17. The van der Waals surface area contributed by atoms with Gasteiger partial charge in [-0.15, -0.1) is 44.8 Å². The van der Waals surface area contributed by atoms with Gasteiger partial charge in [-0.1, -0.05) is 32.6 Å². The van der Waals surface area contributed by atoms with Gasteiger partial charge < -0.3 is 0 Å². The molecular weight excluding hydrogens is 278 g/mol. The monoisotopic (exact) mass is 294 g/mol. The molecule has 0 radical (unpaired) electrons. The lowest BCUT2D eigenvalue weighted by molar-refractivity contribution is 0.481. The van der Waals surface area contributed by atoms with Gasteiger partial charge in [0.05, 0.1) is 0 Å². The van der Waals surface area contributed by atoms with Crippen LogP contribution in [0, 0.1) is 5.92 Å². The van der Waals surface area contributed by atoms with Crippen LogP contribution in [0.2, 0.25) is 6.04 Å². The first-order valence-corrected chi connectivity index (χ1v) is 10.9. The van der Waals surface area contributed by atoms with E-state index in [1.807, 2.05) is 0 Å². The fourth-order valence-electron chi connectivity index (χ4n) is 1.48.